The molecule has 1 fully saturated rings. The molecule has 0 saturated carbocycles. The number of aromatic nitrogens is 1. The first-order valence-electron chi connectivity index (χ1n) is 6.90. The Morgan fingerprint density at radius 2 is 2.42 bits per heavy atom. The van der Waals surface area contributed by atoms with Crippen LogP contribution in [0, 0.1) is 6.92 Å². The Hall–Kier alpha value is -0.650. The number of aryl methyl sites for hydroxylation is 1. The standard InChI is InChI=1S/C14H22BrN3O/c1-3-5-16-9-12-10-19-8-7-18(12)14-13(15)11(2)4-6-17-14/h4,6,12,16H,3,5,7-10H2,1-2H3. The summed E-state index contributed by atoms with van der Waals surface area (Å²) in [6.45, 7) is 8.70. The van der Waals surface area contributed by atoms with E-state index in [9.17, 15) is 0 Å². The van der Waals surface area contributed by atoms with Crippen molar-refractivity contribution < 1.29 is 4.74 Å². The van der Waals surface area contributed by atoms with E-state index in [4.69, 9.17) is 4.74 Å². The van der Waals surface area contributed by atoms with Crippen LogP contribution in [0.25, 0.3) is 0 Å². The van der Waals surface area contributed by atoms with E-state index in [1.807, 2.05) is 12.3 Å². The summed E-state index contributed by atoms with van der Waals surface area (Å²) in [6.07, 6.45) is 3.03. The number of rotatable bonds is 5. The smallest absolute Gasteiger partial charge is 0.143 e. The fourth-order valence-electron chi connectivity index (χ4n) is 2.27. The van der Waals surface area contributed by atoms with Crippen LogP contribution < -0.4 is 10.2 Å². The van der Waals surface area contributed by atoms with Gasteiger partial charge in [0.05, 0.1) is 23.7 Å². The molecule has 0 aromatic carbocycles. The predicted molar refractivity (Wildman–Crippen MR) is 81.8 cm³/mol. The van der Waals surface area contributed by atoms with Crippen LogP contribution in [-0.2, 0) is 4.74 Å². The molecule has 1 atom stereocenters. The van der Waals surface area contributed by atoms with Crippen LogP contribution in [0.5, 0.6) is 0 Å². The molecule has 1 aliphatic heterocycles. The average Bonchev–Trinajstić information content (AvgIpc) is 2.43. The molecule has 5 heteroatoms. The Labute approximate surface area is 123 Å². The van der Waals surface area contributed by atoms with Crippen molar-refractivity contribution in [3.05, 3.63) is 22.3 Å². The van der Waals surface area contributed by atoms with Crippen LogP contribution in [0.15, 0.2) is 16.7 Å². The second-order valence-electron chi connectivity index (χ2n) is 4.89. The first-order valence-corrected chi connectivity index (χ1v) is 7.69. The Kier molecular flexibility index (Phi) is 5.60. The number of ether oxygens (including phenoxy) is 1. The predicted octanol–water partition coefficient (Wildman–Crippen LogP) is 2.36. The molecule has 0 radical (unpaired) electrons. The molecule has 0 amide bonds. The molecule has 1 saturated heterocycles. The highest BCUT2D eigenvalue weighted by molar-refractivity contribution is 9.10. The molecule has 1 aromatic heterocycles. The summed E-state index contributed by atoms with van der Waals surface area (Å²) in [5, 5.41) is 3.47. The Bertz CT molecular complexity index is 414. The van der Waals surface area contributed by atoms with Crippen molar-refractivity contribution in [2.45, 2.75) is 26.3 Å². The summed E-state index contributed by atoms with van der Waals surface area (Å²) >= 11 is 3.66. The number of nitrogens with zero attached hydrogens (tertiary/aromatic N) is 2. The SMILES string of the molecule is CCCNCC1COCCN1c1nccc(C)c1Br. The minimum Gasteiger partial charge on any atom is -0.377 e. The van der Waals surface area contributed by atoms with Gasteiger partial charge < -0.3 is 15.0 Å². The van der Waals surface area contributed by atoms with Crippen LogP contribution in [-0.4, -0.2) is 43.9 Å². The van der Waals surface area contributed by atoms with Crippen LogP contribution in [0.1, 0.15) is 18.9 Å². The zero-order valence-corrected chi connectivity index (χ0v) is 13.2. The minimum absolute atomic E-state index is 0.353. The summed E-state index contributed by atoms with van der Waals surface area (Å²) in [4.78, 5) is 6.89. The third kappa shape index (κ3) is 3.68. The van der Waals surface area contributed by atoms with Gasteiger partial charge in [-0.05, 0) is 47.4 Å². The van der Waals surface area contributed by atoms with Gasteiger partial charge in [0.2, 0.25) is 0 Å². The molecular weight excluding hydrogens is 306 g/mol. The van der Waals surface area contributed by atoms with Crippen molar-refractivity contribution in [3.63, 3.8) is 0 Å². The van der Waals surface area contributed by atoms with E-state index in [-0.39, 0.29) is 0 Å². The third-order valence-corrected chi connectivity index (χ3v) is 4.35. The molecule has 2 heterocycles. The van der Waals surface area contributed by atoms with E-state index in [0.29, 0.717) is 6.04 Å². The van der Waals surface area contributed by atoms with Crippen LogP contribution >= 0.6 is 15.9 Å². The average molecular weight is 328 g/mol. The van der Waals surface area contributed by atoms with Gasteiger partial charge in [-0.2, -0.15) is 0 Å². The highest BCUT2D eigenvalue weighted by Crippen LogP contribution is 2.29. The van der Waals surface area contributed by atoms with Gasteiger partial charge in [-0.3, -0.25) is 0 Å². The molecule has 0 spiro atoms. The highest BCUT2D eigenvalue weighted by Gasteiger charge is 2.25. The largest absolute Gasteiger partial charge is 0.377 e. The molecular formula is C14H22BrN3O. The lowest BCUT2D eigenvalue weighted by Crippen LogP contribution is -2.51. The summed E-state index contributed by atoms with van der Waals surface area (Å²) in [6, 6.07) is 2.38. The fourth-order valence-corrected chi connectivity index (χ4v) is 2.74. The van der Waals surface area contributed by atoms with E-state index in [2.05, 4.69) is 45.0 Å². The lowest BCUT2D eigenvalue weighted by molar-refractivity contribution is 0.0933. The Morgan fingerprint density at radius 1 is 1.58 bits per heavy atom. The lowest BCUT2D eigenvalue weighted by atomic mass is 10.2. The Morgan fingerprint density at radius 3 is 3.21 bits per heavy atom. The van der Waals surface area contributed by atoms with Gasteiger partial charge in [0, 0.05) is 19.3 Å². The first kappa shape index (κ1) is 14.8. The van der Waals surface area contributed by atoms with Crippen molar-refractivity contribution in [1.29, 1.82) is 0 Å². The van der Waals surface area contributed by atoms with Crippen molar-refractivity contribution in [2.75, 3.05) is 37.7 Å². The fraction of sp³-hybridized carbons (Fsp3) is 0.643. The van der Waals surface area contributed by atoms with Gasteiger partial charge in [0.1, 0.15) is 5.82 Å². The number of hydrogen-bond donors (Lipinski definition) is 1. The van der Waals surface area contributed by atoms with Gasteiger partial charge in [-0.15, -0.1) is 0 Å². The molecule has 1 aliphatic rings. The first-order chi connectivity index (χ1) is 9.24. The zero-order chi connectivity index (χ0) is 13.7. The van der Waals surface area contributed by atoms with Crippen LogP contribution in [0.3, 0.4) is 0 Å². The van der Waals surface area contributed by atoms with Gasteiger partial charge >= 0.3 is 0 Å². The van der Waals surface area contributed by atoms with Crippen molar-refractivity contribution in [2.24, 2.45) is 0 Å². The van der Waals surface area contributed by atoms with Crippen molar-refractivity contribution in [3.8, 4) is 0 Å². The molecule has 1 unspecified atom stereocenters. The van der Waals surface area contributed by atoms with Gasteiger partial charge in [-0.1, -0.05) is 6.92 Å². The molecule has 4 nitrogen and oxygen atoms in total. The zero-order valence-electron chi connectivity index (χ0n) is 11.7. The molecule has 2 rings (SSSR count). The number of hydrogen-bond acceptors (Lipinski definition) is 4. The van der Waals surface area contributed by atoms with Crippen molar-refractivity contribution in [1.82, 2.24) is 10.3 Å². The van der Waals surface area contributed by atoms with E-state index in [1.165, 1.54) is 5.56 Å². The molecule has 19 heavy (non-hydrogen) atoms. The maximum atomic E-state index is 5.61. The monoisotopic (exact) mass is 327 g/mol. The maximum absolute atomic E-state index is 5.61. The number of halogens is 1. The van der Waals surface area contributed by atoms with E-state index in [0.717, 1.165) is 49.6 Å². The second-order valence-corrected chi connectivity index (χ2v) is 5.68. The van der Waals surface area contributed by atoms with Gasteiger partial charge in [0.25, 0.3) is 0 Å². The third-order valence-electron chi connectivity index (χ3n) is 3.37. The molecule has 106 valence electrons. The van der Waals surface area contributed by atoms with Crippen LogP contribution in [0.4, 0.5) is 5.82 Å². The number of pyridine rings is 1. The van der Waals surface area contributed by atoms with E-state index in [1.54, 1.807) is 0 Å². The lowest BCUT2D eigenvalue weighted by Gasteiger charge is -2.37. The number of anilines is 1. The summed E-state index contributed by atoms with van der Waals surface area (Å²) in [5.74, 6) is 1.03. The molecule has 1 aromatic rings. The van der Waals surface area contributed by atoms with Crippen LogP contribution in [0.2, 0.25) is 0 Å². The second kappa shape index (κ2) is 7.22. The summed E-state index contributed by atoms with van der Waals surface area (Å²) in [7, 11) is 0. The minimum atomic E-state index is 0.353. The van der Waals surface area contributed by atoms with Gasteiger partial charge in [0.15, 0.2) is 0 Å². The number of nitrogens with one attached hydrogen (secondary N) is 1. The van der Waals surface area contributed by atoms with Gasteiger partial charge in [-0.25, -0.2) is 4.98 Å². The summed E-state index contributed by atoms with van der Waals surface area (Å²) in [5.41, 5.74) is 1.22. The number of morpholine rings is 1. The quantitative estimate of drug-likeness (QED) is 0.842. The molecule has 0 bridgehead atoms. The van der Waals surface area contributed by atoms with E-state index >= 15 is 0 Å². The molecule has 1 N–H and O–H groups in total. The highest BCUT2D eigenvalue weighted by atomic mass is 79.9. The normalized spacial score (nSPS) is 19.7. The molecule has 0 aliphatic carbocycles. The summed E-state index contributed by atoms with van der Waals surface area (Å²) < 4.78 is 6.70. The Balaban J connectivity index is 2.12. The maximum Gasteiger partial charge on any atom is 0.143 e. The van der Waals surface area contributed by atoms with Crippen molar-refractivity contribution >= 4 is 21.7 Å². The topological polar surface area (TPSA) is 37.4 Å². The van der Waals surface area contributed by atoms with E-state index < -0.39 is 0 Å².